The van der Waals surface area contributed by atoms with E-state index >= 15 is 0 Å². The second-order valence-electron chi connectivity index (χ2n) is 6.07. The lowest BCUT2D eigenvalue weighted by atomic mass is 10.3. The Bertz CT molecular complexity index is 1130. The van der Waals surface area contributed by atoms with Crippen molar-refractivity contribution < 1.29 is 4.74 Å². The molecule has 0 saturated carbocycles. The van der Waals surface area contributed by atoms with Crippen LogP contribution in [0, 0.1) is 0 Å². The number of imidazole rings is 1. The Hall–Kier alpha value is -3.39. The highest BCUT2D eigenvalue weighted by Gasteiger charge is 2.26. The molecule has 1 aliphatic rings. The van der Waals surface area contributed by atoms with E-state index in [0.717, 1.165) is 27.5 Å². The minimum Gasteiger partial charge on any atom is -0.486 e. The Morgan fingerprint density at radius 1 is 1.07 bits per heavy atom. The van der Waals surface area contributed by atoms with Crippen LogP contribution in [0.4, 0.5) is 5.95 Å². The molecule has 5 rings (SSSR count). The molecule has 0 fully saturated rings. The van der Waals surface area contributed by atoms with Gasteiger partial charge >= 0.3 is 0 Å². The molecule has 2 aromatic carbocycles. The number of ether oxygens (including phenoxy) is 1. The summed E-state index contributed by atoms with van der Waals surface area (Å²) in [6, 6.07) is 17.6. The number of aromatic nitrogens is 3. The summed E-state index contributed by atoms with van der Waals surface area (Å²) >= 11 is 1.55. The third-order valence-electron chi connectivity index (χ3n) is 4.28. The van der Waals surface area contributed by atoms with Gasteiger partial charge in [-0.05, 0) is 24.3 Å². The van der Waals surface area contributed by atoms with Gasteiger partial charge < -0.3 is 10.5 Å². The zero-order valence-corrected chi connectivity index (χ0v) is 15.1. The van der Waals surface area contributed by atoms with Crippen molar-refractivity contribution >= 4 is 34.3 Å². The van der Waals surface area contributed by atoms with E-state index in [1.807, 2.05) is 64.5 Å². The van der Waals surface area contributed by atoms with Gasteiger partial charge in [-0.15, -0.1) is 11.3 Å². The van der Waals surface area contributed by atoms with E-state index in [1.165, 1.54) is 0 Å². The number of nitrogens with two attached hydrogens (primary N) is 1. The fourth-order valence-electron chi connectivity index (χ4n) is 3.09. The zero-order valence-electron chi connectivity index (χ0n) is 14.2. The molecule has 0 spiro atoms. The largest absolute Gasteiger partial charge is 0.486 e. The predicted octanol–water partition coefficient (Wildman–Crippen LogP) is 3.36. The van der Waals surface area contributed by atoms with Crippen LogP contribution in [0.1, 0.15) is 16.9 Å². The maximum Gasteiger partial charge on any atom is 0.212 e. The lowest BCUT2D eigenvalue weighted by Crippen LogP contribution is -2.31. The molecule has 27 heavy (non-hydrogen) atoms. The summed E-state index contributed by atoms with van der Waals surface area (Å²) in [5.74, 6) is 1.82. The standard InChI is InChI=1S/C19H16N6OS/c20-18-23-17(25-15-9-5-4-8-13(15)22-19(25)24-18)14-11-27-16(21-14)10-26-12-6-2-1-3-7-12/h1-9,11,17H,10H2,(H3,20,22,23,24)/t17-/m0/s1. The summed E-state index contributed by atoms with van der Waals surface area (Å²) in [5.41, 5.74) is 8.67. The number of nitrogens with one attached hydrogen (secondary N) is 1. The molecule has 0 saturated heterocycles. The molecule has 8 heteroatoms. The molecule has 1 atom stereocenters. The first-order valence-electron chi connectivity index (χ1n) is 8.47. The molecular weight excluding hydrogens is 360 g/mol. The summed E-state index contributed by atoms with van der Waals surface area (Å²) in [5, 5.41) is 5.91. The predicted molar refractivity (Wildman–Crippen MR) is 106 cm³/mol. The number of aliphatic imine (C=N–C) groups is 1. The van der Waals surface area contributed by atoms with Gasteiger partial charge in [0.2, 0.25) is 5.95 Å². The molecule has 0 bridgehead atoms. The fraction of sp³-hybridized carbons (Fsp3) is 0.105. The van der Waals surface area contributed by atoms with Crippen molar-refractivity contribution in [3.63, 3.8) is 0 Å². The van der Waals surface area contributed by atoms with E-state index in [-0.39, 0.29) is 6.17 Å². The molecule has 0 unspecified atom stereocenters. The van der Waals surface area contributed by atoms with Crippen LogP contribution in [0.3, 0.4) is 0 Å². The van der Waals surface area contributed by atoms with Gasteiger partial charge in [0, 0.05) is 5.38 Å². The normalized spacial score (nSPS) is 15.9. The highest BCUT2D eigenvalue weighted by Crippen LogP contribution is 2.32. The Balaban J connectivity index is 1.46. The fourth-order valence-corrected chi connectivity index (χ4v) is 3.80. The summed E-state index contributed by atoms with van der Waals surface area (Å²) < 4.78 is 7.81. The van der Waals surface area contributed by atoms with Crippen LogP contribution < -0.4 is 15.8 Å². The number of para-hydroxylation sites is 3. The van der Waals surface area contributed by atoms with E-state index in [9.17, 15) is 0 Å². The van der Waals surface area contributed by atoms with Gasteiger partial charge in [0.05, 0.1) is 16.7 Å². The number of anilines is 1. The molecule has 134 valence electrons. The van der Waals surface area contributed by atoms with Crippen molar-refractivity contribution in [2.45, 2.75) is 12.8 Å². The van der Waals surface area contributed by atoms with E-state index < -0.39 is 0 Å². The second-order valence-corrected chi connectivity index (χ2v) is 7.02. The molecule has 0 amide bonds. The van der Waals surface area contributed by atoms with Gasteiger partial charge in [0.15, 0.2) is 12.1 Å². The van der Waals surface area contributed by atoms with Gasteiger partial charge in [-0.3, -0.25) is 9.88 Å². The van der Waals surface area contributed by atoms with Gasteiger partial charge in [-0.25, -0.2) is 15.0 Å². The van der Waals surface area contributed by atoms with Crippen LogP contribution in [-0.2, 0) is 6.61 Å². The first-order valence-corrected chi connectivity index (χ1v) is 9.35. The van der Waals surface area contributed by atoms with Crippen LogP contribution in [0.15, 0.2) is 65.0 Å². The summed E-state index contributed by atoms with van der Waals surface area (Å²) in [7, 11) is 0. The van der Waals surface area contributed by atoms with Crippen molar-refractivity contribution in [3.05, 3.63) is 70.7 Å². The Kier molecular flexibility index (Phi) is 3.75. The summed E-state index contributed by atoms with van der Waals surface area (Å²) in [4.78, 5) is 13.9. The summed E-state index contributed by atoms with van der Waals surface area (Å²) in [6.07, 6.45) is -0.352. The van der Waals surface area contributed by atoms with Gasteiger partial charge in [-0.2, -0.15) is 0 Å². The molecule has 2 aromatic heterocycles. The van der Waals surface area contributed by atoms with Crippen molar-refractivity contribution in [3.8, 4) is 5.75 Å². The molecular formula is C19H16N6OS. The van der Waals surface area contributed by atoms with Crippen molar-refractivity contribution in [2.24, 2.45) is 10.7 Å². The third kappa shape index (κ3) is 2.89. The van der Waals surface area contributed by atoms with Crippen molar-refractivity contribution in [1.29, 1.82) is 0 Å². The van der Waals surface area contributed by atoms with Gasteiger partial charge in [-0.1, -0.05) is 30.3 Å². The van der Waals surface area contributed by atoms with Crippen LogP contribution in [0.25, 0.3) is 11.0 Å². The quantitative estimate of drug-likeness (QED) is 0.570. The lowest BCUT2D eigenvalue weighted by Gasteiger charge is -2.22. The number of hydrogen-bond donors (Lipinski definition) is 2. The molecule has 4 aromatic rings. The molecule has 1 aliphatic heterocycles. The summed E-state index contributed by atoms with van der Waals surface area (Å²) in [6.45, 7) is 0.413. The van der Waals surface area contributed by atoms with Crippen molar-refractivity contribution in [1.82, 2.24) is 14.5 Å². The number of guanidine groups is 1. The number of thiazole rings is 1. The highest BCUT2D eigenvalue weighted by atomic mass is 32.1. The SMILES string of the molecule is NC1=N[C@H](c2csc(COc3ccccc3)n2)n2c(nc3ccccc32)N1. The van der Waals surface area contributed by atoms with Crippen molar-refractivity contribution in [2.75, 3.05) is 5.32 Å². The van der Waals surface area contributed by atoms with Crippen LogP contribution in [0.2, 0.25) is 0 Å². The number of nitrogens with zero attached hydrogens (tertiary/aromatic N) is 4. The number of benzene rings is 2. The van der Waals surface area contributed by atoms with Crippen LogP contribution in [-0.4, -0.2) is 20.5 Å². The molecule has 7 nitrogen and oxygen atoms in total. The molecule has 0 aliphatic carbocycles. The Morgan fingerprint density at radius 3 is 2.78 bits per heavy atom. The first-order chi connectivity index (χ1) is 13.3. The minimum atomic E-state index is -0.352. The molecule has 3 heterocycles. The van der Waals surface area contributed by atoms with Gasteiger partial charge in [0.25, 0.3) is 0 Å². The number of fused-ring (bicyclic) bond motifs is 3. The third-order valence-corrected chi connectivity index (χ3v) is 5.12. The van der Waals surface area contributed by atoms with Crippen LogP contribution >= 0.6 is 11.3 Å². The Labute approximate surface area is 159 Å². The van der Waals surface area contributed by atoms with E-state index in [1.54, 1.807) is 11.3 Å². The topological polar surface area (TPSA) is 90.4 Å². The maximum absolute atomic E-state index is 5.98. The monoisotopic (exact) mass is 376 g/mol. The average Bonchev–Trinajstić information content (AvgIpc) is 3.31. The average molecular weight is 376 g/mol. The first kappa shape index (κ1) is 15.8. The highest BCUT2D eigenvalue weighted by molar-refractivity contribution is 7.09. The maximum atomic E-state index is 5.98. The number of rotatable bonds is 4. The molecule has 0 radical (unpaired) electrons. The Morgan fingerprint density at radius 2 is 1.89 bits per heavy atom. The van der Waals surface area contributed by atoms with Crippen LogP contribution in [0.5, 0.6) is 5.75 Å². The zero-order chi connectivity index (χ0) is 18.2. The van der Waals surface area contributed by atoms with Gasteiger partial charge in [0.1, 0.15) is 17.4 Å². The van der Waals surface area contributed by atoms with E-state index in [4.69, 9.17) is 15.5 Å². The van der Waals surface area contributed by atoms with E-state index in [0.29, 0.717) is 18.5 Å². The minimum absolute atomic E-state index is 0.331. The van der Waals surface area contributed by atoms with E-state index in [2.05, 4.69) is 15.3 Å². The lowest BCUT2D eigenvalue weighted by molar-refractivity contribution is 0.305. The molecule has 3 N–H and O–H groups in total. The number of hydrogen-bond acceptors (Lipinski definition) is 7. The smallest absolute Gasteiger partial charge is 0.212 e. The second kappa shape index (κ2) is 6.40.